The van der Waals surface area contributed by atoms with Crippen molar-refractivity contribution in [3.05, 3.63) is 78.8 Å². The third-order valence-corrected chi connectivity index (χ3v) is 10.9. The van der Waals surface area contributed by atoms with Gasteiger partial charge in [0.1, 0.15) is 17.0 Å². The number of phenols is 1. The summed E-state index contributed by atoms with van der Waals surface area (Å²) < 4.78 is 6.91. The smallest absolute Gasteiger partial charge is 0.305 e. The molecule has 0 radical (unpaired) electrons. The number of aliphatic hydroxyl groups excluding tert-OH is 1. The Balaban J connectivity index is 0.967. The van der Waals surface area contributed by atoms with Gasteiger partial charge in [-0.1, -0.05) is 55.5 Å². The molecule has 0 saturated carbocycles. The van der Waals surface area contributed by atoms with Crippen molar-refractivity contribution >= 4 is 38.8 Å². The van der Waals surface area contributed by atoms with Gasteiger partial charge in [0, 0.05) is 49.6 Å². The van der Waals surface area contributed by atoms with Crippen LogP contribution in [0.2, 0.25) is 0 Å². The van der Waals surface area contributed by atoms with E-state index in [-0.39, 0.29) is 22.1 Å². The van der Waals surface area contributed by atoms with E-state index in [4.69, 9.17) is 4.74 Å². The molecular formula is C33H41N5O5S2. The van der Waals surface area contributed by atoms with Crippen LogP contribution in [0.25, 0.3) is 10.2 Å². The van der Waals surface area contributed by atoms with Crippen molar-refractivity contribution in [2.45, 2.75) is 57.3 Å². The van der Waals surface area contributed by atoms with Crippen LogP contribution in [0.15, 0.2) is 46.6 Å². The predicted molar refractivity (Wildman–Crippen MR) is 177 cm³/mol. The van der Waals surface area contributed by atoms with Crippen molar-refractivity contribution in [3.63, 3.8) is 0 Å². The Morgan fingerprint density at radius 2 is 1.98 bits per heavy atom. The van der Waals surface area contributed by atoms with Gasteiger partial charge < -0.3 is 30.2 Å². The Kier molecular flexibility index (Phi) is 9.69. The number of phenolic OH excluding ortho intramolecular Hbond substituents is 1. The summed E-state index contributed by atoms with van der Waals surface area (Å²) in [5.41, 5.74) is 3.76. The Labute approximate surface area is 270 Å². The fraction of sp³-hybridized carbons (Fsp3) is 0.485. The second-order valence-electron chi connectivity index (χ2n) is 12.4. The van der Waals surface area contributed by atoms with Crippen molar-refractivity contribution < 1.29 is 19.7 Å². The number of nitrogens with zero attached hydrogens (tertiary/aromatic N) is 3. The second kappa shape index (κ2) is 13.7. The van der Waals surface area contributed by atoms with E-state index < -0.39 is 6.10 Å². The predicted octanol–water partition coefficient (Wildman–Crippen LogP) is 4.25. The minimum Gasteiger partial charge on any atom is -0.506 e. The molecule has 2 saturated heterocycles. The summed E-state index contributed by atoms with van der Waals surface area (Å²) in [7, 11) is 0. The molecule has 1 atom stereocenters. The number of aromatic hydroxyl groups is 1. The average Bonchev–Trinajstić information content (AvgIpc) is 3.69. The third kappa shape index (κ3) is 7.32. The van der Waals surface area contributed by atoms with Crippen LogP contribution in [0.1, 0.15) is 70.9 Å². The molecule has 1 amide bonds. The number of carbonyl (C=O) groups is 1. The van der Waals surface area contributed by atoms with Gasteiger partial charge in [-0.3, -0.25) is 14.5 Å². The lowest BCUT2D eigenvalue weighted by Gasteiger charge is -2.47. The van der Waals surface area contributed by atoms with E-state index in [0.29, 0.717) is 60.2 Å². The molecule has 4 heterocycles. The number of H-pyrrole nitrogens is 1. The summed E-state index contributed by atoms with van der Waals surface area (Å²) in [5, 5.41) is 27.0. The SMILES string of the molecule is CC(C)c1nc(C(=O)N2CCOC3(CCN(Cc4cccc(CCNCC(O)c5ccc(O)c6[nH]c(=O)sc56)c4)CC3)C2)cs1. The lowest BCUT2D eigenvalue weighted by molar-refractivity contribution is -0.128. The van der Waals surface area contributed by atoms with Crippen LogP contribution in [-0.4, -0.2) is 87.4 Å². The number of hydrogen-bond donors (Lipinski definition) is 4. The van der Waals surface area contributed by atoms with E-state index in [2.05, 4.69) is 58.3 Å². The van der Waals surface area contributed by atoms with Crippen LogP contribution in [0, 0.1) is 0 Å². The van der Waals surface area contributed by atoms with E-state index >= 15 is 0 Å². The van der Waals surface area contributed by atoms with E-state index in [9.17, 15) is 19.8 Å². The molecule has 240 valence electrons. The van der Waals surface area contributed by atoms with Crippen LogP contribution >= 0.6 is 22.7 Å². The summed E-state index contributed by atoms with van der Waals surface area (Å²) in [4.78, 5) is 36.4. The van der Waals surface area contributed by atoms with Gasteiger partial charge in [0.25, 0.3) is 5.91 Å². The molecule has 0 aliphatic carbocycles. The van der Waals surface area contributed by atoms with Crippen LogP contribution < -0.4 is 10.2 Å². The number of thiazole rings is 2. The van der Waals surface area contributed by atoms with E-state index in [0.717, 1.165) is 55.2 Å². The van der Waals surface area contributed by atoms with Crippen molar-refractivity contribution in [1.82, 2.24) is 25.1 Å². The molecule has 2 aliphatic heterocycles. The van der Waals surface area contributed by atoms with Crippen molar-refractivity contribution in [1.29, 1.82) is 0 Å². The molecule has 2 aromatic carbocycles. The number of aromatic amines is 1. The van der Waals surface area contributed by atoms with Gasteiger partial charge in [-0.25, -0.2) is 4.98 Å². The zero-order chi connectivity index (χ0) is 31.6. The van der Waals surface area contributed by atoms with E-state index in [1.807, 2.05) is 10.3 Å². The maximum absolute atomic E-state index is 13.2. The molecule has 12 heteroatoms. The minimum absolute atomic E-state index is 0.00405. The van der Waals surface area contributed by atoms with Crippen LogP contribution in [0.3, 0.4) is 0 Å². The molecule has 4 N–H and O–H groups in total. The Morgan fingerprint density at radius 1 is 1.18 bits per heavy atom. The van der Waals surface area contributed by atoms with E-state index in [1.54, 1.807) is 17.4 Å². The Bertz CT molecular complexity index is 1690. The summed E-state index contributed by atoms with van der Waals surface area (Å²) in [6.07, 6.45) is 1.81. The number of carbonyl (C=O) groups excluding carboxylic acids is 1. The highest BCUT2D eigenvalue weighted by molar-refractivity contribution is 7.16. The Morgan fingerprint density at radius 3 is 2.76 bits per heavy atom. The number of piperidine rings is 1. The zero-order valence-corrected chi connectivity index (χ0v) is 27.4. The standard InChI is InChI=1S/C33H41N5O5S2/c1-21(2)30-35-25(19-44-30)31(41)38-14-15-43-33(20-38)9-12-37(13-10-33)18-23-5-3-4-22(16-23)8-11-34-17-27(40)24-6-7-26(39)28-29(24)45-32(42)36-28/h3-7,16,19,21,27,34,39-40H,8-15,17-18,20H2,1-2H3,(H,36,42). The van der Waals surface area contributed by atoms with Crippen molar-refractivity contribution in [2.75, 3.05) is 45.9 Å². The highest BCUT2D eigenvalue weighted by Crippen LogP contribution is 2.33. The number of morpholine rings is 1. The first-order chi connectivity index (χ1) is 21.7. The lowest BCUT2D eigenvalue weighted by Crippen LogP contribution is -2.58. The topological polar surface area (TPSA) is 131 Å². The third-order valence-electron chi connectivity index (χ3n) is 8.81. The highest BCUT2D eigenvalue weighted by Gasteiger charge is 2.41. The maximum atomic E-state index is 13.2. The molecule has 2 aromatic heterocycles. The van der Waals surface area contributed by atoms with Gasteiger partial charge in [-0.2, -0.15) is 0 Å². The van der Waals surface area contributed by atoms with Gasteiger partial charge in [-0.15, -0.1) is 11.3 Å². The van der Waals surface area contributed by atoms with Gasteiger partial charge >= 0.3 is 4.87 Å². The summed E-state index contributed by atoms with van der Waals surface area (Å²) >= 11 is 2.55. The lowest BCUT2D eigenvalue weighted by atomic mass is 9.89. The first-order valence-electron chi connectivity index (χ1n) is 15.6. The van der Waals surface area contributed by atoms with E-state index in [1.165, 1.54) is 17.2 Å². The summed E-state index contributed by atoms with van der Waals surface area (Å²) in [6.45, 7) is 9.73. The number of likely N-dealkylation sites (tertiary alicyclic amines) is 1. The molecule has 0 bridgehead atoms. The fourth-order valence-electron chi connectivity index (χ4n) is 6.28. The van der Waals surface area contributed by atoms with Crippen LogP contribution in [-0.2, 0) is 17.7 Å². The van der Waals surface area contributed by atoms with Gasteiger partial charge in [0.15, 0.2) is 0 Å². The van der Waals surface area contributed by atoms with Crippen molar-refractivity contribution in [2.24, 2.45) is 0 Å². The first kappa shape index (κ1) is 31.8. The average molecular weight is 652 g/mol. The number of nitrogens with one attached hydrogen (secondary N) is 2. The fourth-order valence-corrected chi connectivity index (χ4v) is 8.00. The summed E-state index contributed by atoms with van der Waals surface area (Å²) in [5.74, 6) is 0.337. The van der Waals surface area contributed by atoms with Crippen molar-refractivity contribution in [3.8, 4) is 5.75 Å². The monoisotopic (exact) mass is 651 g/mol. The normalized spacial score (nSPS) is 17.8. The molecule has 2 aliphatic rings. The number of ether oxygens (including phenoxy) is 1. The molecule has 1 unspecified atom stereocenters. The molecule has 4 aromatic rings. The number of rotatable bonds is 10. The molecule has 10 nitrogen and oxygen atoms in total. The molecule has 6 rings (SSSR count). The largest absolute Gasteiger partial charge is 0.506 e. The number of fused-ring (bicyclic) bond motifs is 1. The molecular weight excluding hydrogens is 611 g/mol. The number of aliphatic hydroxyl groups is 1. The molecule has 1 spiro atoms. The quantitative estimate of drug-likeness (QED) is 0.187. The summed E-state index contributed by atoms with van der Waals surface area (Å²) in [6, 6.07) is 11.8. The van der Waals surface area contributed by atoms with Gasteiger partial charge in [0.2, 0.25) is 0 Å². The highest BCUT2D eigenvalue weighted by atomic mass is 32.1. The Hall–Kier alpha value is -3.13. The zero-order valence-electron chi connectivity index (χ0n) is 25.8. The molecule has 2 fully saturated rings. The number of amides is 1. The second-order valence-corrected chi connectivity index (χ2v) is 14.3. The van der Waals surface area contributed by atoms with Gasteiger partial charge in [-0.05, 0) is 43.0 Å². The number of hydrogen-bond acceptors (Lipinski definition) is 10. The van der Waals surface area contributed by atoms with Gasteiger partial charge in [0.05, 0.1) is 34.6 Å². The number of benzene rings is 2. The van der Waals surface area contributed by atoms with Crippen LogP contribution in [0.4, 0.5) is 0 Å². The molecule has 45 heavy (non-hydrogen) atoms. The first-order valence-corrected chi connectivity index (χ1v) is 17.3. The number of aromatic nitrogens is 2. The minimum atomic E-state index is -0.795. The maximum Gasteiger partial charge on any atom is 0.305 e. The van der Waals surface area contributed by atoms with Crippen LogP contribution in [0.5, 0.6) is 5.75 Å².